The van der Waals surface area contributed by atoms with E-state index in [4.69, 9.17) is 9.47 Å². The number of aliphatic hydroxyl groups is 4. The van der Waals surface area contributed by atoms with Gasteiger partial charge >= 0.3 is 0 Å². The van der Waals surface area contributed by atoms with E-state index in [1.807, 2.05) is 48.5 Å². The van der Waals surface area contributed by atoms with E-state index in [1.54, 1.807) is 24.1 Å². The molecule has 3 aromatic carbocycles. The van der Waals surface area contributed by atoms with E-state index < -0.39 is 37.1 Å². The maximum Gasteiger partial charge on any atom is 0.233 e. The first-order valence-corrected chi connectivity index (χ1v) is 13.9. The molecule has 2 aliphatic rings. The molecule has 5 rings (SSSR count). The predicted octanol–water partition coefficient (Wildman–Crippen LogP) is 2.95. The number of rotatable bonds is 10. The van der Waals surface area contributed by atoms with Crippen LogP contribution in [0.1, 0.15) is 35.6 Å². The van der Waals surface area contributed by atoms with Crippen molar-refractivity contribution >= 4 is 11.6 Å². The third kappa shape index (κ3) is 6.14. The highest BCUT2D eigenvalue weighted by atomic mass is 19.1. The van der Waals surface area contributed by atoms with Crippen molar-refractivity contribution in [3.8, 4) is 5.75 Å². The van der Waals surface area contributed by atoms with Crippen LogP contribution in [0.5, 0.6) is 5.75 Å². The summed E-state index contributed by atoms with van der Waals surface area (Å²) in [5.74, 6) is 0.262. The highest BCUT2D eigenvalue weighted by molar-refractivity contribution is 6.03. The van der Waals surface area contributed by atoms with E-state index in [-0.39, 0.29) is 30.1 Å². The number of benzene rings is 3. The molecule has 4 N–H and O–H groups in total. The fourth-order valence-corrected chi connectivity index (χ4v) is 5.85. The lowest BCUT2D eigenvalue weighted by atomic mass is 9.78. The fourth-order valence-electron chi connectivity index (χ4n) is 5.85. The normalized spacial score (nSPS) is 27.9. The Bertz CT molecular complexity index is 1300. The summed E-state index contributed by atoms with van der Waals surface area (Å²) < 4.78 is 24.2. The predicted molar refractivity (Wildman–Crippen MR) is 150 cm³/mol. The summed E-state index contributed by atoms with van der Waals surface area (Å²) >= 11 is 0. The minimum Gasteiger partial charge on any atom is -0.497 e. The summed E-state index contributed by atoms with van der Waals surface area (Å²) in [5, 5.41) is 40.1. The summed E-state index contributed by atoms with van der Waals surface area (Å²) in [6.45, 7) is -0.472. The quantitative estimate of drug-likeness (QED) is 0.279. The number of halogens is 1. The van der Waals surface area contributed by atoms with Crippen LogP contribution < -0.4 is 9.64 Å². The molecule has 0 radical (unpaired) electrons. The molecule has 0 bridgehead atoms. The number of nitrogens with zero attached hydrogens (tertiary/aromatic N) is 1. The first kappa shape index (κ1) is 29.2. The van der Waals surface area contributed by atoms with Gasteiger partial charge in [0.2, 0.25) is 5.91 Å². The van der Waals surface area contributed by atoms with Crippen LogP contribution in [-0.2, 0) is 22.4 Å². The monoisotopic (exact) mass is 565 g/mol. The number of carbonyl (C=O) groups is 1. The van der Waals surface area contributed by atoms with Crippen molar-refractivity contribution in [2.75, 3.05) is 18.6 Å². The van der Waals surface area contributed by atoms with E-state index >= 15 is 0 Å². The van der Waals surface area contributed by atoms with Gasteiger partial charge in [-0.2, -0.15) is 0 Å². The maximum atomic E-state index is 13.4. The molecule has 7 atom stereocenters. The maximum absolute atomic E-state index is 13.4. The summed E-state index contributed by atoms with van der Waals surface area (Å²) in [5.41, 5.74) is 3.61. The molecular weight excluding hydrogens is 529 g/mol. The first-order chi connectivity index (χ1) is 19.8. The van der Waals surface area contributed by atoms with Crippen LogP contribution in [0.4, 0.5) is 10.1 Å². The van der Waals surface area contributed by atoms with Gasteiger partial charge in [0, 0.05) is 12.1 Å². The van der Waals surface area contributed by atoms with Crippen LogP contribution in [-0.4, -0.2) is 70.6 Å². The summed E-state index contributed by atoms with van der Waals surface area (Å²) in [7, 11) is 1.59. The summed E-state index contributed by atoms with van der Waals surface area (Å²) in [6, 6.07) is 21.4. The number of β-lactam (4-membered cyclic amide) rings is 1. The average Bonchev–Trinajstić information content (AvgIpc) is 2.99. The Morgan fingerprint density at radius 3 is 2.12 bits per heavy atom. The van der Waals surface area contributed by atoms with Gasteiger partial charge in [0.25, 0.3) is 0 Å². The van der Waals surface area contributed by atoms with Gasteiger partial charge in [0.05, 0.1) is 31.8 Å². The number of aliphatic hydroxyl groups excluding tert-OH is 4. The molecule has 0 aliphatic carbocycles. The van der Waals surface area contributed by atoms with Gasteiger partial charge in [-0.1, -0.05) is 36.4 Å². The zero-order valence-corrected chi connectivity index (χ0v) is 22.8. The van der Waals surface area contributed by atoms with Crippen molar-refractivity contribution in [2.45, 2.75) is 62.2 Å². The van der Waals surface area contributed by atoms with Crippen molar-refractivity contribution in [3.05, 3.63) is 95.3 Å². The second kappa shape index (κ2) is 12.7. The fraction of sp³-hybridized carbons (Fsp3) is 0.406. The lowest BCUT2D eigenvalue weighted by Crippen LogP contribution is -2.59. The minimum atomic E-state index is -1.42. The Balaban J connectivity index is 1.32. The van der Waals surface area contributed by atoms with Crippen LogP contribution in [0.15, 0.2) is 72.8 Å². The largest absolute Gasteiger partial charge is 0.497 e. The number of ether oxygens (including phenoxy) is 2. The highest BCUT2D eigenvalue weighted by Gasteiger charge is 2.48. The van der Waals surface area contributed by atoms with E-state index in [1.165, 1.54) is 12.1 Å². The number of anilines is 1. The van der Waals surface area contributed by atoms with Crippen molar-refractivity contribution < 1.29 is 39.1 Å². The van der Waals surface area contributed by atoms with Crippen LogP contribution in [0, 0.1) is 11.7 Å². The molecule has 0 unspecified atom stereocenters. The van der Waals surface area contributed by atoms with Crippen molar-refractivity contribution in [3.63, 3.8) is 0 Å². The van der Waals surface area contributed by atoms with E-state index in [9.17, 15) is 29.6 Å². The molecule has 9 heteroatoms. The molecule has 2 saturated heterocycles. The molecular formula is C32H36FNO7. The number of hydrogen-bond acceptors (Lipinski definition) is 7. The zero-order chi connectivity index (χ0) is 29.1. The second-order valence-corrected chi connectivity index (χ2v) is 10.8. The second-order valence-electron chi connectivity index (χ2n) is 10.8. The minimum absolute atomic E-state index is 0.0460. The number of aryl methyl sites for hydroxylation is 1. The van der Waals surface area contributed by atoms with Gasteiger partial charge < -0.3 is 34.8 Å². The molecule has 3 aromatic rings. The highest BCUT2D eigenvalue weighted by Crippen LogP contribution is 2.46. The Kier molecular flexibility index (Phi) is 9.01. The molecule has 218 valence electrons. The number of hydrogen-bond donors (Lipinski definition) is 4. The lowest BCUT2D eigenvalue weighted by Gasteiger charge is -2.48. The number of amides is 1. The van der Waals surface area contributed by atoms with Crippen LogP contribution in [0.25, 0.3) is 0 Å². The van der Waals surface area contributed by atoms with Crippen molar-refractivity contribution in [1.82, 2.24) is 0 Å². The number of carbonyl (C=O) groups excluding carboxylic acids is 1. The van der Waals surface area contributed by atoms with Gasteiger partial charge in [-0.15, -0.1) is 0 Å². The third-order valence-electron chi connectivity index (χ3n) is 8.21. The smallest absolute Gasteiger partial charge is 0.233 e. The molecule has 2 heterocycles. The first-order valence-electron chi connectivity index (χ1n) is 13.9. The van der Waals surface area contributed by atoms with Gasteiger partial charge in [-0.25, -0.2) is 4.39 Å². The van der Waals surface area contributed by atoms with Crippen LogP contribution in [0.3, 0.4) is 0 Å². The van der Waals surface area contributed by atoms with Gasteiger partial charge in [0.15, 0.2) is 0 Å². The molecule has 0 spiro atoms. The molecule has 8 nitrogen and oxygen atoms in total. The average molecular weight is 566 g/mol. The summed E-state index contributed by atoms with van der Waals surface area (Å²) in [4.78, 5) is 15.2. The molecule has 2 aliphatic heterocycles. The summed E-state index contributed by atoms with van der Waals surface area (Å²) in [6.07, 6.45) is -3.37. The van der Waals surface area contributed by atoms with E-state index in [0.717, 1.165) is 35.2 Å². The Hall–Kier alpha value is -3.34. The van der Waals surface area contributed by atoms with Gasteiger partial charge in [-0.05, 0) is 72.4 Å². The van der Waals surface area contributed by atoms with E-state index in [0.29, 0.717) is 12.2 Å². The Labute approximate surface area is 238 Å². The molecule has 0 aromatic heterocycles. The third-order valence-corrected chi connectivity index (χ3v) is 8.21. The zero-order valence-electron chi connectivity index (χ0n) is 22.8. The lowest BCUT2D eigenvalue weighted by molar-refractivity contribution is -0.228. The molecule has 1 amide bonds. The standard InChI is InChI=1S/C32H36FNO7/c1-40-24-15-13-23(14-16-24)34-28(25(32(34)39)4-2-3-19-7-11-22(33)12-8-19)21-9-5-20(6-10-21)17-26-29(36)31(38)30(37)27(18-35)41-26/h5-16,25-31,35-38H,2-4,17-18H2,1H3/t25-,26-,27-,28-,29+,30-,31-/m1/s1. The number of methoxy groups -OCH3 is 1. The molecule has 41 heavy (non-hydrogen) atoms. The molecule has 0 saturated carbocycles. The van der Waals surface area contributed by atoms with Crippen molar-refractivity contribution in [1.29, 1.82) is 0 Å². The topological polar surface area (TPSA) is 120 Å². The Morgan fingerprint density at radius 2 is 1.49 bits per heavy atom. The van der Waals surface area contributed by atoms with Gasteiger partial charge in [0.1, 0.15) is 36.0 Å². The SMILES string of the molecule is COc1ccc(N2C(=O)[C@H](CCCc3ccc(F)cc3)[C@H]2c2ccc(C[C@H]3O[C@H](CO)[C@@H](O)[C@H](O)[C@H]3O)cc2)cc1. The Morgan fingerprint density at radius 1 is 0.854 bits per heavy atom. The van der Waals surface area contributed by atoms with Gasteiger partial charge in [-0.3, -0.25) is 4.79 Å². The van der Waals surface area contributed by atoms with Crippen LogP contribution in [0.2, 0.25) is 0 Å². The molecule has 2 fully saturated rings. The van der Waals surface area contributed by atoms with Crippen LogP contribution >= 0.6 is 0 Å². The van der Waals surface area contributed by atoms with Crippen molar-refractivity contribution in [2.24, 2.45) is 5.92 Å². The van der Waals surface area contributed by atoms with E-state index in [2.05, 4.69) is 0 Å².